The molecule has 0 radical (unpaired) electrons. The predicted octanol–water partition coefficient (Wildman–Crippen LogP) is 4.18. The molecule has 1 saturated carbocycles. The second kappa shape index (κ2) is 3.53. The number of hydrogen-bond acceptors (Lipinski definition) is 0. The Labute approximate surface area is 94.9 Å². The summed E-state index contributed by atoms with van der Waals surface area (Å²) in [5, 5.41) is 2.74. The molecule has 0 spiro atoms. The van der Waals surface area contributed by atoms with Crippen LogP contribution in [0.15, 0.2) is 42.5 Å². The summed E-state index contributed by atoms with van der Waals surface area (Å²) in [5.74, 6) is 2.21. The lowest BCUT2D eigenvalue weighted by Crippen LogP contribution is -1.86. The number of halogens is 1. The Balaban J connectivity index is 2.11. The Kier molecular flexibility index (Phi) is 2.17. The molecule has 2 aromatic rings. The zero-order valence-corrected chi connectivity index (χ0v) is 9.24. The van der Waals surface area contributed by atoms with Gasteiger partial charge in [0.2, 0.25) is 0 Å². The van der Waals surface area contributed by atoms with E-state index in [-0.39, 0.29) is 0 Å². The molecule has 0 saturated heterocycles. The van der Waals surface area contributed by atoms with E-state index in [9.17, 15) is 0 Å². The molecule has 0 bridgehead atoms. The van der Waals surface area contributed by atoms with E-state index in [1.807, 2.05) is 0 Å². The van der Waals surface area contributed by atoms with Crippen molar-refractivity contribution in [3.8, 4) is 0 Å². The molecule has 0 N–H and O–H groups in total. The van der Waals surface area contributed by atoms with Gasteiger partial charge in [-0.15, -0.1) is 11.6 Å². The van der Waals surface area contributed by atoms with Gasteiger partial charge in [-0.2, -0.15) is 0 Å². The van der Waals surface area contributed by atoms with E-state index in [4.69, 9.17) is 11.6 Å². The predicted molar refractivity (Wildman–Crippen MR) is 65.5 cm³/mol. The molecule has 2 atom stereocenters. The van der Waals surface area contributed by atoms with Gasteiger partial charge >= 0.3 is 0 Å². The highest BCUT2D eigenvalue weighted by Crippen LogP contribution is 2.49. The number of rotatable bonds is 2. The summed E-state index contributed by atoms with van der Waals surface area (Å²) in [6, 6.07) is 15.2. The van der Waals surface area contributed by atoms with Gasteiger partial charge in [0, 0.05) is 5.88 Å². The topological polar surface area (TPSA) is 0 Å². The lowest BCUT2D eigenvalue weighted by Gasteiger charge is -2.05. The van der Waals surface area contributed by atoms with Gasteiger partial charge in [-0.05, 0) is 34.6 Å². The highest BCUT2D eigenvalue weighted by atomic mass is 35.5. The van der Waals surface area contributed by atoms with Crippen LogP contribution in [0.4, 0.5) is 0 Å². The van der Waals surface area contributed by atoms with Crippen LogP contribution < -0.4 is 0 Å². The van der Waals surface area contributed by atoms with Crippen molar-refractivity contribution in [2.24, 2.45) is 5.92 Å². The molecule has 0 heterocycles. The molecule has 76 valence electrons. The van der Waals surface area contributed by atoms with Crippen molar-refractivity contribution < 1.29 is 0 Å². The Morgan fingerprint density at radius 1 is 1.07 bits per heavy atom. The zero-order chi connectivity index (χ0) is 10.3. The molecule has 2 unspecified atom stereocenters. The summed E-state index contributed by atoms with van der Waals surface area (Å²) in [6.45, 7) is 0. The fourth-order valence-electron chi connectivity index (χ4n) is 2.37. The minimum Gasteiger partial charge on any atom is -0.126 e. The molecule has 1 aliphatic rings. The maximum absolute atomic E-state index is 5.89. The lowest BCUT2D eigenvalue weighted by atomic mass is 10.0. The molecule has 0 aliphatic heterocycles. The summed E-state index contributed by atoms with van der Waals surface area (Å²) >= 11 is 5.89. The second-order valence-corrected chi connectivity index (χ2v) is 4.63. The molecular weight excluding hydrogens is 204 g/mol. The van der Waals surface area contributed by atoms with Crippen LogP contribution in [0.1, 0.15) is 17.9 Å². The smallest absolute Gasteiger partial charge is 0.0257 e. The van der Waals surface area contributed by atoms with E-state index in [0.717, 1.165) is 5.88 Å². The number of fused-ring (bicyclic) bond motifs is 1. The van der Waals surface area contributed by atoms with E-state index >= 15 is 0 Å². The van der Waals surface area contributed by atoms with Gasteiger partial charge in [0.25, 0.3) is 0 Å². The zero-order valence-electron chi connectivity index (χ0n) is 8.49. The largest absolute Gasteiger partial charge is 0.126 e. The van der Waals surface area contributed by atoms with Crippen LogP contribution in [0.5, 0.6) is 0 Å². The highest BCUT2D eigenvalue weighted by molar-refractivity contribution is 6.18. The van der Waals surface area contributed by atoms with E-state index in [1.165, 1.54) is 22.8 Å². The van der Waals surface area contributed by atoms with Crippen molar-refractivity contribution in [3.05, 3.63) is 48.0 Å². The van der Waals surface area contributed by atoms with Gasteiger partial charge in [-0.1, -0.05) is 42.5 Å². The van der Waals surface area contributed by atoms with E-state index in [0.29, 0.717) is 11.8 Å². The SMILES string of the molecule is ClCC1CC1c1cccc2ccccc12. The minimum atomic E-state index is 0.702. The van der Waals surface area contributed by atoms with Crippen LogP contribution in [-0.4, -0.2) is 5.88 Å². The molecular formula is C14H13Cl. The van der Waals surface area contributed by atoms with Crippen LogP contribution in [0.3, 0.4) is 0 Å². The standard InChI is InChI=1S/C14H13Cl/c15-9-11-8-14(11)13-7-3-5-10-4-1-2-6-12(10)13/h1-7,11,14H,8-9H2. The maximum Gasteiger partial charge on any atom is 0.0257 e. The van der Waals surface area contributed by atoms with Gasteiger partial charge in [0.05, 0.1) is 0 Å². The third-order valence-corrected chi connectivity index (χ3v) is 3.74. The summed E-state index contributed by atoms with van der Waals surface area (Å²) < 4.78 is 0. The first kappa shape index (κ1) is 9.23. The monoisotopic (exact) mass is 216 g/mol. The molecule has 0 aromatic heterocycles. The van der Waals surface area contributed by atoms with Crippen LogP contribution in [0, 0.1) is 5.92 Å². The van der Waals surface area contributed by atoms with Crippen LogP contribution in [-0.2, 0) is 0 Å². The maximum atomic E-state index is 5.89. The second-order valence-electron chi connectivity index (χ2n) is 4.32. The van der Waals surface area contributed by atoms with E-state index in [1.54, 1.807) is 0 Å². The Morgan fingerprint density at radius 3 is 2.67 bits per heavy atom. The summed E-state index contributed by atoms with van der Waals surface area (Å²) in [4.78, 5) is 0. The van der Waals surface area contributed by atoms with Crippen molar-refractivity contribution in [3.63, 3.8) is 0 Å². The van der Waals surface area contributed by atoms with Crippen molar-refractivity contribution in [2.45, 2.75) is 12.3 Å². The Hall–Kier alpha value is -1.01. The molecule has 15 heavy (non-hydrogen) atoms. The average molecular weight is 217 g/mol. The van der Waals surface area contributed by atoms with Gasteiger partial charge < -0.3 is 0 Å². The summed E-state index contributed by atoms with van der Waals surface area (Å²) in [6.07, 6.45) is 1.26. The van der Waals surface area contributed by atoms with Crippen molar-refractivity contribution >= 4 is 22.4 Å². The third-order valence-electron chi connectivity index (χ3n) is 3.34. The van der Waals surface area contributed by atoms with Crippen molar-refractivity contribution in [1.29, 1.82) is 0 Å². The Morgan fingerprint density at radius 2 is 1.87 bits per heavy atom. The highest BCUT2D eigenvalue weighted by Gasteiger charge is 2.37. The van der Waals surface area contributed by atoms with Crippen molar-refractivity contribution in [1.82, 2.24) is 0 Å². The van der Waals surface area contributed by atoms with Crippen LogP contribution in [0.2, 0.25) is 0 Å². The summed E-state index contributed by atoms with van der Waals surface area (Å²) in [7, 11) is 0. The fourth-order valence-corrected chi connectivity index (χ4v) is 2.71. The molecule has 0 amide bonds. The van der Waals surface area contributed by atoms with Gasteiger partial charge in [-0.25, -0.2) is 0 Å². The number of hydrogen-bond donors (Lipinski definition) is 0. The van der Waals surface area contributed by atoms with E-state index in [2.05, 4.69) is 42.5 Å². The fraction of sp³-hybridized carbons (Fsp3) is 0.286. The molecule has 0 nitrogen and oxygen atoms in total. The first-order valence-electron chi connectivity index (χ1n) is 5.44. The van der Waals surface area contributed by atoms with Crippen LogP contribution in [0.25, 0.3) is 10.8 Å². The number of alkyl halides is 1. The van der Waals surface area contributed by atoms with E-state index < -0.39 is 0 Å². The average Bonchev–Trinajstić information content (AvgIpc) is 3.07. The number of benzene rings is 2. The van der Waals surface area contributed by atoms with Gasteiger partial charge in [0.1, 0.15) is 0 Å². The third kappa shape index (κ3) is 1.53. The minimum absolute atomic E-state index is 0.702. The van der Waals surface area contributed by atoms with Gasteiger partial charge in [0.15, 0.2) is 0 Å². The lowest BCUT2D eigenvalue weighted by molar-refractivity contribution is 0.929. The first-order chi connectivity index (χ1) is 7.40. The molecule has 1 aliphatic carbocycles. The molecule has 1 heteroatoms. The Bertz CT molecular complexity index is 484. The molecule has 1 fully saturated rings. The first-order valence-corrected chi connectivity index (χ1v) is 5.97. The van der Waals surface area contributed by atoms with Crippen molar-refractivity contribution in [2.75, 3.05) is 5.88 Å². The van der Waals surface area contributed by atoms with Gasteiger partial charge in [-0.3, -0.25) is 0 Å². The quantitative estimate of drug-likeness (QED) is 0.661. The normalized spacial score (nSPS) is 24.3. The summed E-state index contributed by atoms with van der Waals surface area (Å²) in [5.41, 5.74) is 1.48. The van der Waals surface area contributed by atoms with Crippen LogP contribution >= 0.6 is 11.6 Å². The molecule has 3 rings (SSSR count). The molecule has 2 aromatic carbocycles.